The van der Waals surface area contributed by atoms with Crippen molar-refractivity contribution in [1.82, 2.24) is 15.1 Å². The van der Waals surface area contributed by atoms with E-state index >= 15 is 0 Å². The highest BCUT2D eigenvalue weighted by Crippen LogP contribution is 2.16. The van der Waals surface area contributed by atoms with Gasteiger partial charge in [-0.25, -0.2) is 0 Å². The maximum Gasteiger partial charge on any atom is 0.406 e. The lowest BCUT2D eigenvalue weighted by molar-refractivity contribution is -0.168. The first-order chi connectivity index (χ1) is 9.35. The summed E-state index contributed by atoms with van der Waals surface area (Å²) < 4.78 is 37.0. The summed E-state index contributed by atoms with van der Waals surface area (Å²) >= 11 is 0. The zero-order chi connectivity index (χ0) is 15.2. The number of halogens is 3. The number of carbonyl (C=O) groups is 2. The maximum absolute atomic E-state index is 12.3. The standard InChI is InChI=1S/C11H18F3N3O3/c12-11(13,14)8-17(6-7-18)10(20)9(19)16-4-1-2-15-3-5-16/h15,18H,1-8H2. The molecule has 1 aliphatic heterocycles. The van der Waals surface area contributed by atoms with Crippen molar-refractivity contribution in [2.75, 3.05) is 45.9 Å². The Balaban J connectivity index is 2.69. The Labute approximate surface area is 114 Å². The van der Waals surface area contributed by atoms with Crippen LogP contribution in [-0.4, -0.2) is 78.8 Å². The van der Waals surface area contributed by atoms with Crippen molar-refractivity contribution in [3.05, 3.63) is 0 Å². The number of aliphatic hydroxyl groups is 1. The molecule has 0 spiro atoms. The minimum Gasteiger partial charge on any atom is -0.395 e. The Kier molecular flexibility index (Phi) is 6.21. The first kappa shape index (κ1) is 16.7. The van der Waals surface area contributed by atoms with Crippen LogP contribution in [0.5, 0.6) is 0 Å². The maximum atomic E-state index is 12.3. The molecule has 2 amide bonds. The Morgan fingerprint density at radius 1 is 1.25 bits per heavy atom. The molecular weight excluding hydrogens is 279 g/mol. The predicted octanol–water partition coefficient (Wildman–Crippen LogP) is -0.808. The SMILES string of the molecule is O=C(C(=O)N(CCO)CC(F)(F)F)N1CCCNCC1. The predicted molar refractivity (Wildman–Crippen MR) is 63.8 cm³/mol. The Morgan fingerprint density at radius 3 is 2.55 bits per heavy atom. The summed E-state index contributed by atoms with van der Waals surface area (Å²) in [6.07, 6.45) is -3.97. The van der Waals surface area contributed by atoms with Crippen LogP contribution >= 0.6 is 0 Å². The van der Waals surface area contributed by atoms with Crippen LogP contribution in [0.1, 0.15) is 6.42 Å². The molecule has 9 heteroatoms. The molecule has 0 radical (unpaired) electrons. The molecule has 116 valence electrons. The van der Waals surface area contributed by atoms with Gasteiger partial charge in [0.05, 0.1) is 6.61 Å². The molecule has 0 saturated carbocycles. The summed E-state index contributed by atoms with van der Waals surface area (Å²) in [5.74, 6) is -2.18. The number of aliphatic hydroxyl groups excluding tert-OH is 1. The van der Waals surface area contributed by atoms with E-state index in [4.69, 9.17) is 5.11 Å². The number of nitrogens with zero attached hydrogens (tertiary/aromatic N) is 2. The molecule has 0 aromatic rings. The highest BCUT2D eigenvalue weighted by molar-refractivity contribution is 6.34. The number of nitrogens with one attached hydrogen (secondary N) is 1. The molecule has 2 N–H and O–H groups in total. The molecule has 1 heterocycles. The van der Waals surface area contributed by atoms with E-state index in [2.05, 4.69) is 5.32 Å². The van der Waals surface area contributed by atoms with Crippen LogP contribution in [0.4, 0.5) is 13.2 Å². The fourth-order valence-electron chi connectivity index (χ4n) is 1.91. The Morgan fingerprint density at radius 2 is 1.95 bits per heavy atom. The molecule has 1 rings (SSSR count). The lowest BCUT2D eigenvalue weighted by atomic mass is 10.3. The van der Waals surface area contributed by atoms with E-state index in [0.29, 0.717) is 31.0 Å². The molecule has 6 nitrogen and oxygen atoms in total. The second-order valence-corrected chi connectivity index (χ2v) is 4.46. The van der Waals surface area contributed by atoms with Crippen molar-refractivity contribution in [1.29, 1.82) is 0 Å². The van der Waals surface area contributed by atoms with Crippen LogP contribution < -0.4 is 5.32 Å². The number of hydrogen-bond acceptors (Lipinski definition) is 4. The van der Waals surface area contributed by atoms with Gasteiger partial charge in [0.25, 0.3) is 0 Å². The average Bonchev–Trinajstić information content (AvgIpc) is 2.63. The second kappa shape index (κ2) is 7.44. The van der Waals surface area contributed by atoms with E-state index in [9.17, 15) is 22.8 Å². The van der Waals surface area contributed by atoms with E-state index in [1.165, 1.54) is 4.90 Å². The van der Waals surface area contributed by atoms with Gasteiger partial charge in [0.2, 0.25) is 0 Å². The van der Waals surface area contributed by atoms with Crippen molar-refractivity contribution in [2.24, 2.45) is 0 Å². The van der Waals surface area contributed by atoms with Crippen molar-refractivity contribution in [3.8, 4) is 0 Å². The number of carbonyl (C=O) groups excluding carboxylic acids is 2. The van der Waals surface area contributed by atoms with E-state index < -0.39 is 37.7 Å². The molecule has 20 heavy (non-hydrogen) atoms. The van der Waals surface area contributed by atoms with E-state index in [1.54, 1.807) is 0 Å². The minimum atomic E-state index is -4.61. The topological polar surface area (TPSA) is 72.9 Å². The van der Waals surface area contributed by atoms with Crippen molar-refractivity contribution in [3.63, 3.8) is 0 Å². The van der Waals surface area contributed by atoms with Gasteiger partial charge in [0.1, 0.15) is 6.54 Å². The number of alkyl halides is 3. The number of hydrogen-bond donors (Lipinski definition) is 2. The number of amides is 2. The Hall–Kier alpha value is -1.35. The van der Waals surface area contributed by atoms with Gasteiger partial charge in [-0.3, -0.25) is 9.59 Å². The summed E-state index contributed by atoms with van der Waals surface area (Å²) in [5.41, 5.74) is 0. The van der Waals surface area contributed by atoms with Crippen LogP contribution in [0.3, 0.4) is 0 Å². The average molecular weight is 297 g/mol. The molecule has 0 aliphatic carbocycles. The third kappa shape index (κ3) is 5.33. The minimum absolute atomic E-state index is 0.281. The lowest BCUT2D eigenvalue weighted by Crippen LogP contribution is -2.49. The van der Waals surface area contributed by atoms with E-state index in [-0.39, 0.29) is 6.54 Å². The van der Waals surface area contributed by atoms with E-state index in [1.807, 2.05) is 0 Å². The highest BCUT2D eigenvalue weighted by atomic mass is 19.4. The van der Waals surface area contributed by atoms with Crippen LogP contribution in [0.25, 0.3) is 0 Å². The summed E-state index contributed by atoms with van der Waals surface area (Å²) in [4.78, 5) is 25.3. The summed E-state index contributed by atoms with van der Waals surface area (Å²) in [5, 5.41) is 11.7. The molecule has 0 bridgehead atoms. The molecule has 0 aromatic carbocycles. The van der Waals surface area contributed by atoms with Crippen molar-refractivity contribution >= 4 is 11.8 Å². The molecule has 0 unspecified atom stereocenters. The van der Waals surface area contributed by atoms with Crippen LogP contribution in [0, 0.1) is 0 Å². The molecule has 1 fully saturated rings. The summed E-state index contributed by atoms with van der Waals surface area (Å²) in [7, 11) is 0. The van der Waals surface area contributed by atoms with Gasteiger partial charge < -0.3 is 20.2 Å². The summed E-state index contributed by atoms with van der Waals surface area (Å²) in [6, 6.07) is 0. The first-order valence-electron chi connectivity index (χ1n) is 6.31. The fourth-order valence-corrected chi connectivity index (χ4v) is 1.91. The van der Waals surface area contributed by atoms with Gasteiger partial charge in [-0.1, -0.05) is 0 Å². The zero-order valence-corrected chi connectivity index (χ0v) is 10.9. The molecule has 1 aliphatic rings. The van der Waals surface area contributed by atoms with E-state index in [0.717, 1.165) is 0 Å². The Bertz CT molecular complexity index is 342. The third-order valence-electron chi connectivity index (χ3n) is 2.84. The normalized spacial score (nSPS) is 16.7. The lowest BCUT2D eigenvalue weighted by Gasteiger charge is -2.26. The van der Waals surface area contributed by atoms with Crippen LogP contribution in [0.15, 0.2) is 0 Å². The van der Waals surface area contributed by atoms with Gasteiger partial charge >= 0.3 is 18.0 Å². The highest BCUT2D eigenvalue weighted by Gasteiger charge is 2.36. The van der Waals surface area contributed by atoms with Crippen molar-refractivity contribution < 1.29 is 27.9 Å². The van der Waals surface area contributed by atoms with Crippen LogP contribution in [0.2, 0.25) is 0 Å². The van der Waals surface area contributed by atoms with Gasteiger partial charge in [-0.05, 0) is 13.0 Å². The smallest absolute Gasteiger partial charge is 0.395 e. The second-order valence-electron chi connectivity index (χ2n) is 4.46. The first-order valence-corrected chi connectivity index (χ1v) is 6.31. The largest absolute Gasteiger partial charge is 0.406 e. The quantitative estimate of drug-likeness (QED) is 0.669. The molecule has 1 saturated heterocycles. The number of rotatable bonds is 3. The monoisotopic (exact) mass is 297 g/mol. The molecule has 0 atom stereocenters. The van der Waals surface area contributed by atoms with Gasteiger partial charge in [-0.15, -0.1) is 0 Å². The van der Waals surface area contributed by atoms with Gasteiger partial charge in [0, 0.05) is 26.2 Å². The van der Waals surface area contributed by atoms with Gasteiger partial charge in [0.15, 0.2) is 0 Å². The van der Waals surface area contributed by atoms with Gasteiger partial charge in [-0.2, -0.15) is 13.2 Å². The third-order valence-corrected chi connectivity index (χ3v) is 2.84. The zero-order valence-electron chi connectivity index (χ0n) is 10.9. The summed E-state index contributed by atoms with van der Waals surface area (Å²) in [6.45, 7) is -0.879. The fraction of sp³-hybridized carbons (Fsp3) is 0.818. The molecular formula is C11H18F3N3O3. The van der Waals surface area contributed by atoms with Crippen LogP contribution in [-0.2, 0) is 9.59 Å². The van der Waals surface area contributed by atoms with Crippen molar-refractivity contribution in [2.45, 2.75) is 12.6 Å². The molecule has 0 aromatic heterocycles.